The number of rotatable bonds is 4. The van der Waals surface area contributed by atoms with Gasteiger partial charge in [0, 0.05) is 5.57 Å². The van der Waals surface area contributed by atoms with Crippen molar-refractivity contribution >= 4 is 5.97 Å². The van der Waals surface area contributed by atoms with Gasteiger partial charge in [0.15, 0.2) is 0 Å². The minimum atomic E-state index is -0.874. The van der Waals surface area contributed by atoms with Crippen molar-refractivity contribution in [2.75, 3.05) is 0 Å². The first-order chi connectivity index (χ1) is 4.59. The van der Waals surface area contributed by atoms with Crippen molar-refractivity contribution in [1.82, 2.24) is 0 Å². The van der Waals surface area contributed by atoms with Gasteiger partial charge in [-0.15, -0.1) is 0 Å². The van der Waals surface area contributed by atoms with Crippen LogP contribution in [0.25, 0.3) is 0 Å². The zero-order valence-corrected chi connectivity index (χ0v) is 6.55. The van der Waals surface area contributed by atoms with E-state index in [0.717, 1.165) is 12.8 Å². The molecule has 0 aliphatic carbocycles. The Morgan fingerprint density at radius 3 is 2.50 bits per heavy atom. The Hall–Kier alpha value is -0.790. The summed E-state index contributed by atoms with van der Waals surface area (Å²) in [5.41, 5.74) is 0.321. The lowest BCUT2D eigenvalue weighted by molar-refractivity contribution is -0.133. The maximum atomic E-state index is 10.3. The molecule has 10 heavy (non-hydrogen) atoms. The second kappa shape index (κ2) is 4.09. The van der Waals surface area contributed by atoms with Crippen LogP contribution in [-0.2, 0) is 4.79 Å². The Labute approximate surface area is 61.6 Å². The van der Waals surface area contributed by atoms with E-state index >= 15 is 0 Å². The summed E-state index contributed by atoms with van der Waals surface area (Å²) in [5, 5.41) is 8.48. The van der Waals surface area contributed by atoms with E-state index in [1.807, 2.05) is 13.8 Å². The van der Waals surface area contributed by atoms with Gasteiger partial charge >= 0.3 is 5.97 Å². The molecule has 0 aliphatic rings. The summed E-state index contributed by atoms with van der Waals surface area (Å²) in [5.74, 6) is -0.761. The third-order valence-electron chi connectivity index (χ3n) is 1.59. The maximum Gasteiger partial charge on any atom is 0.331 e. The zero-order valence-electron chi connectivity index (χ0n) is 6.55. The molecule has 1 unspecified atom stereocenters. The average molecular weight is 142 g/mol. The van der Waals surface area contributed by atoms with Crippen LogP contribution in [0.2, 0.25) is 0 Å². The lowest BCUT2D eigenvalue weighted by Gasteiger charge is -2.07. The van der Waals surface area contributed by atoms with Crippen LogP contribution in [0.4, 0.5) is 0 Å². The molecule has 2 nitrogen and oxygen atoms in total. The Bertz CT molecular complexity index is 138. The summed E-state index contributed by atoms with van der Waals surface area (Å²) in [6.45, 7) is 7.40. The van der Waals surface area contributed by atoms with Gasteiger partial charge < -0.3 is 5.11 Å². The number of carbonyl (C=O) groups is 1. The fraction of sp³-hybridized carbons (Fsp3) is 0.625. The van der Waals surface area contributed by atoms with E-state index in [2.05, 4.69) is 6.58 Å². The molecule has 0 fully saturated rings. The van der Waals surface area contributed by atoms with Crippen molar-refractivity contribution in [3.63, 3.8) is 0 Å². The average Bonchev–Trinajstić information content (AvgIpc) is 1.87. The molecule has 0 aromatic heterocycles. The molecule has 0 aromatic rings. The molecule has 0 aliphatic heterocycles. The van der Waals surface area contributed by atoms with Gasteiger partial charge in [-0.3, -0.25) is 0 Å². The summed E-state index contributed by atoms with van der Waals surface area (Å²) < 4.78 is 0. The molecule has 0 radical (unpaired) electrons. The highest BCUT2D eigenvalue weighted by molar-refractivity contribution is 5.86. The SMILES string of the molecule is C=C(C(=O)O)C(C)CCC. The van der Waals surface area contributed by atoms with Crippen molar-refractivity contribution in [1.29, 1.82) is 0 Å². The molecular weight excluding hydrogens is 128 g/mol. The minimum absolute atomic E-state index is 0.113. The topological polar surface area (TPSA) is 37.3 Å². The summed E-state index contributed by atoms with van der Waals surface area (Å²) in [4.78, 5) is 10.3. The summed E-state index contributed by atoms with van der Waals surface area (Å²) >= 11 is 0. The Morgan fingerprint density at radius 1 is 1.70 bits per heavy atom. The van der Waals surface area contributed by atoms with Crippen molar-refractivity contribution < 1.29 is 9.90 Å². The zero-order chi connectivity index (χ0) is 8.15. The molecule has 0 amide bonds. The van der Waals surface area contributed by atoms with Crippen molar-refractivity contribution in [3.8, 4) is 0 Å². The van der Waals surface area contributed by atoms with Crippen molar-refractivity contribution in [3.05, 3.63) is 12.2 Å². The second-order valence-corrected chi connectivity index (χ2v) is 2.52. The molecule has 0 spiro atoms. The highest BCUT2D eigenvalue weighted by atomic mass is 16.4. The quantitative estimate of drug-likeness (QED) is 0.610. The highest BCUT2D eigenvalue weighted by Crippen LogP contribution is 2.13. The van der Waals surface area contributed by atoms with E-state index in [1.165, 1.54) is 0 Å². The first-order valence-electron chi connectivity index (χ1n) is 3.51. The van der Waals surface area contributed by atoms with Gasteiger partial charge in [0.25, 0.3) is 0 Å². The molecule has 0 aromatic carbocycles. The van der Waals surface area contributed by atoms with Gasteiger partial charge in [-0.25, -0.2) is 4.79 Å². The molecule has 1 N–H and O–H groups in total. The van der Waals surface area contributed by atoms with Gasteiger partial charge in [-0.2, -0.15) is 0 Å². The summed E-state index contributed by atoms with van der Waals surface area (Å²) in [7, 11) is 0. The first kappa shape index (κ1) is 9.21. The highest BCUT2D eigenvalue weighted by Gasteiger charge is 2.11. The van der Waals surface area contributed by atoms with Crippen LogP contribution < -0.4 is 0 Å². The molecule has 0 saturated heterocycles. The molecule has 0 saturated carbocycles. The van der Waals surface area contributed by atoms with E-state index in [9.17, 15) is 4.79 Å². The van der Waals surface area contributed by atoms with Gasteiger partial charge in [0.1, 0.15) is 0 Å². The van der Waals surface area contributed by atoms with Crippen LogP contribution in [0, 0.1) is 5.92 Å². The predicted octanol–water partition coefficient (Wildman–Crippen LogP) is 2.06. The molecule has 0 bridgehead atoms. The van der Waals surface area contributed by atoms with E-state index in [0.29, 0.717) is 5.57 Å². The fourth-order valence-corrected chi connectivity index (χ4v) is 0.818. The molecule has 0 rings (SSSR count). The van der Waals surface area contributed by atoms with Gasteiger partial charge in [-0.1, -0.05) is 26.8 Å². The smallest absolute Gasteiger partial charge is 0.331 e. The molecule has 58 valence electrons. The predicted molar refractivity (Wildman–Crippen MR) is 40.8 cm³/mol. The van der Waals surface area contributed by atoms with Crippen molar-refractivity contribution in [2.45, 2.75) is 26.7 Å². The van der Waals surface area contributed by atoms with E-state index < -0.39 is 5.97 Å². The number of hydrogen-bond donors (Lipinski definition) is 1. The van der Waals surface area contributed by atoms with E-state index in [-0.39, 0.29) is 5.92 Å². The maximum absolute atomic E-state index is 10.3. The normalized spacial score (nSPS) is 12.6. The Morgan fingerprint density at radius 2 is 2.20 bits per heavy atom. The Kier molecular flexibility index (Phi) is 3.77. The Balaban J connectivity index is 3.82. The first-order valence-corrected chi connectivity index (χ1v) is 3.51. The number of carboxylic acid groups (broad SMARTS) is 1. The fourth-order valence-electron chi connectivity index (χ4n) is 0.818. The van der Waals surface area contributed by atoms with Crippen LogP contribution in [0.5, 0.6) is 0 Å². The molecule has 2 heteroatoms. The third kappa shape index (κ3) is 2.67. The molecule has 0 heterocycles. The lowest BCUT2D eigenvalue weighted by atomic mass is 9.98. The monoisotopic (exact) mass is 142 g/mol. The van der Waals surface area contributed by atoms with Crippen LogP contribution in [0.3, 0.4) is 0 Å². The third-order valence-corrected chi connectivity index (χ3v) is 1.59. The standard InChI is InChI=1S/C8H14O2/c1-4-5-6(2)7(3)8(9)10/h6H,3-5H2,1-2H3,(H,9,10). The van der Waals surface area contributed by atoms with E-state index in [4.69, 9.17) is 5.11 Å². The lowest BCUT2D eigenvalue weighted by Crippen LogP contribution is -2.07. The molecular formula is C8H14O2. The van der Waals surface area contributed by atoms with Crippen LogP contribution in [-0.4, -0.2) is 11.1 Å². The second-order valence-electron chi connectivity index (χ2n) is 2.52. The van der Waals surface area contributed by atoms with Gasteiger partial charge in [0.05, 0.1) is 0 Å². The summed E-state index contributed by atoms with van der Waals surface area (Å²) in [6.07, 6.45) is 1.92. The number of hydrogen-bond acceptors (Lipinski definition) is 1. The van der Waals surface area contributed by atoms with Crippen LogP contribution >= 0.6 is 0 Å². The van der Waals surface area contributed by atoms with Gasteiger partial charge in [0.2, 0.25) is 0 Å². The van der Waals surface area contributed by atoms with Crippen molar-refractivity contribution in [2.24, 2.45) is 5.92 Å². The largest absolute Gasteiger partial charge is 0.478 e. The summed E-state index contributed by atoms with van der Waals surface area (Å²) in [6, 6.07) is 0. The molecule has 1 atom stereocenters. The van der Waals surface area contributed by atoms with Crippen LogP contribution in [0.15, 0.2) is 12.2 Å². The van der Waals surface area contributed by atoms with E-state index in [1.54, 1.807) is 0 Å². The number of aliphatic carboxylic acids is 1. The van der Waals surface area contributed by atoms with Gasteiger partial charge in [-0.05, 0) is 12.3 Å². The minimum Gasteiger partial charge on any atom is -0.478 e. The number of carboxylic acids is 1. The van der Waals surface area contributed by atoms with Crippen LogP contribution in [0.1, 0.15) is 26.7 Å².